The van der Waals surface area contributed by atoms with Crippen molar-refractivity contribution in [1.29, 1.82) is 0 Å². The molecule has 1 saturated heterocycles. The van der Waals surface area contributed by atoms with Crippen LogP contribution < -0.4 is 15.5 Å². The first-order valence-corrected chi connectivity index (χ1v) is 9.85. The molecule has 0 bridgehead atoms. The number of aromatic nitrogens is 6. The van der Waals surface area contributed by atoms with Gasteiger partial charge in [-0.25, -0.2) is 15.0 Å². The first-order valence-electron chi connectivity index (χ1n) is 9.85. The van der Waals surface area contributed by atoms with Crippen LogP contribution in [0.25, 0.3) is 11.2 Å². The van der Waals surface area contributed by atoms with Gasteiger partial charge < -0.3 is 20.1 Å². The van der Waals surface area contributed by atoms with Gasteiger partial charge in [-0.05, 0) is 32.3 Å². The molecule has 2 fully saturated rings. The zero-order valence-electron chi connectivity index (χ0n) is 16.5. The van der Waals surface area contributed by atoms with Crippen LogP contribution >= 0.6 is 0 Å². The Labute approximate surface area is 167 Å². The Morgan fingerprint density at radius 3 is 2.34 bits per heavy atom. The lowest BCUT2D eigenvalue weighted by molar-refractivity contribution is 0.0999. The van der Waals surface area contributed by atoms with Gasteiger partial charge in [0, 0.05) is 32.2 Å². The maximum Gasteiger partial charge on any atom is 0.252 e. The van der Waals surface area contributed by atoms with E-state index in [1.165, 1.54) is 12.8 Å². The van der Waals surface area contributed by atoms with Gasteiger partial charge in [-0.3, -0.25) is 4.79 Å². The van der Waals surface area contributed by atoms with Crippen LogP contribution in [0.15, 0.2) is 12.7 Å². The van der Waals surface area contributed by atoms with E-state index in [-0.39, 0.29) is 0 Å². The summed E-state index contributed by atoms with van der Waals surface area (Å²) in [7, 11) is 0. The summed E-state index contributed by atoms with van der Waals surface area (Å²) in [5.41, 5.74) is 9.34. The van der Waals surface area contributed by atoms with E-state index in [9.17, 15) is 4.79 Å². The third-order valence-corrected chi connectivity index (χ3v) is 5.84. The number of rotatable bonds is 4. The predicted molar refractivity (Wildman–Crippen MR) is 108 cm³/mol. The first kappa shape index (κ1) is 17.8. The molecule has 1 aliphatic carbocycles. The van der Waals surface area contributed by atoms with Crippen molar-refractivity contribution in [3.8, 4) is 0 Å². The molecule has 4 heterocycles. The van der Waals surface area contributed by atoms with E-state index >= 15 is 0 Å². The normalized spacial score (nSPS) is 17.2. The average Bonchev–Trinajstić information content (AvgIpc) is 3.48. The van der Waals surface area contributed by atoms with Crippen LogP contribution in [0.4, 0.5) is 11.6 Å². The topological polar surface area (TPSA) is 119 Å². The van der Waals surface area contributed by atoms with Crippen molar-refractivity contribution in [2.75, 3.05) is 36.0 Å². The fourth-order valence-corrected chi connectivity index (χ4v) is 3.93. The second kappa shape index (κ2) is 6.64. The predicted octanol–water partition coefficient (Wildman–Crippen LogP) is 0.994. The molecule has 1 saturated carbocycles. The SMILES string of the molecule is Cc1nnc(N2CCN(c3ncnc4c3ncn4C3CC3)CC2)c(C(N)=O)c1C. The van der Waals surface area contributed by atoms with Crippen molar-refractivity contribution in [3.63, 3.8) is 0 Å². The molecule has 10 nitrogen and oxygen atoms in total. The fraction of sp³-hybridized carbons (Fsp3) is 0.474. The molecule has 0 atom stereocenters. The largest absolute Gasteiger partial charge is 0.365 e. The Hall–Kier alpha value is -3.30. The highest BCUT2D eigenvalue weighted by molar-refractivity contribution is 5.99. The molecular formula is C19H23N9O. The van der Waals surface area contributed by atoms with Crippen LogP contribution in [0.5, 0.6) is 0 Å². The van der Waals surface area contributed by atoms with Gasteiger partial charge in [-0.1, -0.05) is 0 Å². The number of nitrogens with zero attached hydrogens (tertiary/aromatic N) is 8. The molecule has 3 aromatic rings. The summed E-state index contributed by atoms with van der Waals surface area (Å²) in [6.07, 6.45) is 5.86. The first-order chi connectivity index (χ1) is 14.0. The summed E-state index contributed by atoms with van der Waals surface area (Å²) in [5.74, 6) is 0.947. The summed E-state index contributed by atoms with van der Waals surface area (Å²) >= 11 is 0. The number of nitrogens with two attached hydrogens (primary N) is 1. The number of hydrogen-bond donors (Lipinski definition) is 1. The summed E-state index contributed by atoms with van der Waals surface area (Å²) in [6.45, 7) is 6.53. The highest BCUT2D eigenvalue weighted by Crippen LogP contribution is 2.37. The summed E-state index contributed by atoms with van der Waals surface area (Å²) in [5, 5.41) is 8.47. The van der Waals surface area contributed by atoms with Crippen molar-refractivity contribution in [3.05, 3.63) is 29.5 Å². The van der Waals surface area contributed by atoms with Crippen LogP contribution in [0, 0.1) is 13.8 Å². The number of imidazole rings is 1. The number of anilines is 2. The molecule has 2 N–H and O–H groups in total. The van der Waals surface area contributed by atoms with E-state index in [0.29, 0.717) is 30.5 Å². The fourth-order valence-electron chi connectivity index (χ4n) is 3.93. The molecule has 10 heteroatoms. The smallest absolute Gasteiger partial charge is 0.252 e. The molecule has 0 spiro atoms. The molecule has 29 heavy (non-hydrogen) atoms. The molecule has 1 aliphatic heterocycles. The van der Waals surface area contributed by atoms with Crippen LogP contribution in [0.3, 0.4) is 0 Å². The van der Waals surface area contributed by atoms with E-state index in [4.69, 9.17) is 5.73 Å². The minimum Gasteiger partial charge on any atom is -0.365 e. The minimum atomic E-state index is -0.471. The van der Waals surface area contributed by atoms with Crippen molar-refractivity contribution in [2.24, 2.45) is 5.73 Å². The van der Waals surface area contributed by atoms with E-state index in [1.54, 1.807) is 6.33 Å². The number of carbonyl (C=O) groups excluding carboxylic acids is 1. The zero-order valence-corrected chi connectivity index (χ0v) is 16.5. The highest BCUT2D eigenvalue weighted by atomic mass is 16.1. The monoisotopic (exact) mass is 393 g/mol. The third kappa shape index (κ3) is 2.95. The van der Waals surface area contributed by atoms with E-state index < -0.39 is 5.91 Å². The Morgan fingerprint density at radius 2 is 1.69 bits per heavy atom. The lowest BCUT2D eigenvalue weighted by atomic mass is 10.1. The summed E-state index contributed by atoms with van der Waals surface area (Å²) in [4.78, 5) is 29.9. The molecule has 5 rings (SSSR count). The van der Waals surface area contributed by atoms with Crippen LogP contribution in [0.1, 0.15) is 40.5 Å². The van der Waals surface area contributed by atoms with Crippen molar-refractivity contribution in [1.82, 2.24) is 29.7 Å². The lowest BCUT2D eigenvalue weighted by Gasteiger charge is -2.36. The number of hydrogen-bond acceptors (Lipinski definition) is 8. The van der Waals surface area contributed by atoms with Crippen molar-refractivity contribution < 1.29 is 4.79 Å². The van der Waals surface area contributed by atoms with E-state index in [0.717, 1.165) is 41.3 Å². The van der Waals surface area contributed by atoms with Crippen molar-refractivity contribution >= 4 is 28.7 Å². The number of piperazine rings is 1. The Balaban J connectivity index is 1.40. The molecular weight excluding hydrogens is 370 g/mol. The molecule has 0 radical (unpaired) electrons. The van der Waals surface area contributed by atoms with Crippen LogP contribution in [-0.4, -0.2) is 61.8 Å². The number of primary amides is 1. The molecule has 2 aliphatic rings. The molecule has 1 amide bonds. The third-order valence-electron chi connectivity index (χ3n) is 5.84. The highest BCUT2D eigenvalue weighted by Gasteiger charge is 2.29. The van der Waals surface area contributed by atoms with Gasteiger partial charge in [0.1, 0.15) is 6.33 Å². The second-order valence-corrected chi connectivity index (χ2v) is 7.70. The molecule has 0 aromatic carbocycles. The van der Waals surface area contributed by atoms with Gasteiger partial charge in [0.05, 0.1) is 17.6 Å². The average molecular weight is 393 g/mol. The van der Waals surface area contributed by atoms with Gasteiger partial charge in [0.15, 0.2) is 22.8 Å². The molecule has 3 aromatic heterocycles. The molecule has 150 valence electrons. The van der Waals surface area contributed by atoms with E-state index in [1.807, 2.05) is 20.2 Å². The summed E-state index contributed by atoms with van der Waals surface area (Å²) < 4.78 is 2.15. The minimum absolute atomic E-state index is 0.457. The Morgan fingerprint density at radius 1 is 1.00 bits per heavy atom. The van der Waals surface area contributed by atoms with Crippen molar-refractivity contribution in [2.45, 2.75) is 32.7 Å². The quantitative estimate of drug-likeness (QED) is 0.697. The van der Waals surface area contributed by atoms with Gasteiger partial charge in [-0.2, -0.15) is 5.10 Å². The number of carbonyl (C=O) groups is 1. The lowest BCUT2D eigenvalue weighted by Crippen LogP contribution is -2.48. The standard InChI is InChI=1S/C19H23N9O/c1-11-12(2)24-25-17(14(11)16(20)29)26-5-7-27(8-6-26)18-15-19(22-9-21-18)28(10-23-15)13-3-4-13/h9-10,13H,3-8H2,1-2H3,(H2,20,29). The van der Waals surface area contributed by atoms with Gasteiger partial charge in [-0.15, -0.1) is 5.10 Å². The molecule has 0 unspecified atom stereocenters. The maximum absolute atomic E-state index is 12.0. The number of amides is 1. The number of aryl methyl sites for hydroxylation is 1. The summed E-state index contributed by atoms with van der Waals surface area (Å²) in [6, 6.07) is 0.523. The van der Waals surface area contributed by atoms with E-state index in [2.05, 4.69) is 39.5 Å². The second-order valence-electron chi connectivity index (χ2n) is 7.70. The Kier molecular flexibility index (Phi) is 4.07. The van der Waals surface area contributed by atoms with Gasteiger partial charge in [0.2, 0.25) is 0 Å². The zero-order chi connectivity index (χ0) is 20.1. The van der Waals surface area contributed by atoms with Gasteiger partial charge >= 0.3 is 0 Å². The van der Waals surface area contributed by atoms with Crippen LogP contribution in [0.2, 0.25) is 0 Å². The maximum atomic E-state index is 12.0. The van der Waals surface area contributed by atoms with Gasteiger partial charge in [0.25, 0.3) is 5.91 Å². The van der Waals surface area contributed by atoms with Crippen LogP contribution in [-0.2, 0) is 0 Å². The number of fused-ring (bicyclic) bond motifs is 1. The Bertz CT molecular complexity index is 1100.